The Morgan fingerprint density at radius 2 is 1.20 bits per heavy atom. The number of pyridine rings is 2. The Morgan fingerprint density at radius 3 is 1.59 bits per heavy atom. The van der Waals surface area contributed by atoms with E-state index in [9.17, 15) is 30.5 Å². The maximum Gasteiger partial charge on any atom is 0.186 e. The summed E-state index contributed by atoms with van der Waals surface area (Å²) >= 11 is 8.30. The highest BCUT2D eigenvalue weighted by Crippen LogP contribution is 2.28. The third kappa shape index (κ3) is 11.2. The lowest BCUT2D eigenvalue weighted by Crippen LogP contribution is -2.14. The lowest BCUT2D eigenvalue weighted by atomic mass is 10.2. The van der Waals surface area contributed by atoms with Crippen LogP contribution in [0.1, 0.15) is 20.8 Å². The highest BCUT2D eigenvalue weighted by molar-refractivity contribution is 7.91. The summed E-state index contributed by atoms with van der Waals surface area (Å²) in [5.41, 5.74) is 7.34. The lowest BCUT2D eigenvalue weighted by molar-refractivity contribution is -0.00230. The van der Waals surface area contributed by atoms with Crippen LogP contribution in [-0.4, -0.2) is 54.9 Å². The third-order valence-electron chi connectivity index (χ3n) is 6.02. The van der Waals surface area contributed by atoms with E-state index in [4.69, 9.17) is 17.3 Å². The molecule has 51 heavy (non-hydrogen) atoms. The number of aromatic nitrogens is 4. The number of benzene rings is 2. The van der Waals surface area contributed by atoms with Gasteiger partial charge in [-0.15, -0.1) is 4.91 Å². The van der Waals surface area contributed by atoms with Crippen LogP contribution < -0.4 is 16.4 Å². The molecule has 4 aromatic heterocycles. The van der Waals surface area contributed by atoms with Crippen LogP contribution >= 0.6 is 34.3 Å². The molecule has 0 aliphatic heterocycles. The van der Waals surface area contributed by atoms with Crippen molar-refractivity contribution >= 4 is 103 Å². The fourth-order valence-corrected chi connectivity index (χ4v) is 7.07. The molecule has 4 N–H and O–H groups in total. The topological polar surface area (TPSA) is 209 Å². The minimum absolute atomic E-state index is 0.336. The van der Waals surface area contributed by atoms with Gasteiger partial charge in [0.05, 0.1) is 0 Å². The molecule has 0 radical (unpaired) electrons. The molecule has 0 amide bonds. The minimum Gasteiger partial charge on any atom is -0.375 e. The molecule has 6 rings (SSSR count). The normalized spacial score (nSPS) is 11.6. The van der Waals surface area contributed by atoms with Crippen LogP contribution in [0.3, 0.4) is 0 Å². The van der Waals surface area contributed by atoms with Crippen molar-refractivity contribution in [1.29, 1.82) is 0 Å². The molecule has 0 saturated carbocycles. The second kappa shape index (κ2) is 15.7. The standard InChI is InChI=1S/C13H9ClFN3O2S2.C13H11FN4O2S2.C4H9NO2/c1-22(19,20)10-4-2-7(6-8(10)15)16-11-5-3-9-12(18-11)21-13(14)17-9;1-22(19,20)10-4-2-7(6-8(10)14)16-11-5-3-9-12(18-11)21-13(15)17-9;1-4(2,3)7-5-6/h2-6H,1H3,(H,16,18);2-6H,1H3,(H2,15,17)(H,16,18);1-3H3. The van der Waals surface area contributed by atoms with Gasteiger partial charge in [0.15, 0.2) is 34.6 Å². The summed E-state index contributed by atoms with van der Waals surface area (Å²) in [6.45, 7) is 5.28. The van der Waals surface area contributed by atoms with E-state index < -0.39 is 36.9 Å². The third-order valence-corrected chi connectivity index (χ3v) is 10.1. The molecule has 0 fully saturated rings. The summed E-state index contributed by atoms with van der Waals surface area (Å²) < 4.78 is 73.6. The summed E-state index contributed by atoms with van der Waals surface area (Å²) in [5, 5.41) is 8.51. The number of nitrogens with two attached hydrogens (primary N) is 1. The van der Waals surface area contributed by atoms with E-state index in [0.717, 1.165) is 24.6 Å². The van der Waals surface area contributed by atoms with E-state index in [1.165, 1.54) is 46.9 Å². The van der Waals surface area contributed by atoms with E-state index in [1.807, 2.05) is 0 Å². The van der Waals surface area contributed by atoms with Crippen molar-refractivity contribution in [2.45, 2.75) is 36.2 Å². The molecular weight excluding hydrogens is 770 g/mol. The summed E-state index contributed by atoms with van der Waals surface area (Å²) in [6, 6.07) is 14.5. The Balaban J connectivity index is 0.000000193. The van der Waals surface area contributed by atoms with E-state index in [0.29, 0.717) is 53.3 Å². The zero-order valence-corrected chi connectivity index (χ0v) is 31.3. The summed E-state index contributed by atoms with van der Waals surface area (Å²) in [6.07, 6.45) is 1.92. The highest BCUT2D eigenvalue weighted by Gasteiger charge is 2.16. The molecule has 14 nitrogen and oxygen atoms in total. The molecule has 4 heterocycles. The van der Waals surface area contributed by atoms with E-state index >= 15 is 0 Å². The molecule has 0 atom stereocenters. The largest absolute Gasteiger partial charge is 0.375 e. The minimum atomic E-state index is -3.59. The van der Waals surface area contributed by atoms with Gasteiger partial charge in [-0.1, -0.05) is 34.3 Å². The van der Waals surface area contributed by atoms with Gasteiger partial charge >= 0.3 is 0 Å². The summed E-state index contributed by atoms with van der Waals surface area (Å²) in [7, 11) is -7.18. The van der Waals surface area contributed by atoms with Gasteiger partial charge in [0, 0.05) is 23.9 Å². The van der Waals surface area contributed by atoms with Crippen LogP contribution in [0.15, 0.2) is 75.8 Å². The van der Waals surface area contributed by atoms with Gasteiger partial charge in [0.2, 0.25) is 0 Å². The molecule has 270 valence electrons. The zero-order valence-electron chi connectivity index (χ0n) is 27.3. The number of nitrogens with zero attached hydrogens (tertiary/aromatic N) is 5. The maximum atomic E-state index is 13.8. The lowest BCUT2D eigenvalue weighted by Gasteiger charge is -2.11. The number of sulfone groups is 2. The van der Waals surface area contributed by atoms with Gasteiger partial charge in [0.25, 0.3) is 0 Å². The number of halogens is 3. The number of nitrogen functional groups attached to an aromatic ring is 1. The molecule has 2 aromatic carbocycles. The number of rotatable bonds is 7. The van der Waals surface area contributed by atoms with Gasteiger partial charge in [-0.05, 0) is 81.4 Å². The summed E-state index contributed by atoms with van der Waals surface area (Å²) in [4.78, 5) is 31.1. The molecule has 21 heteroatoms. The van der Waals surface area contributed by atoms with Gasteiger partial charge in [-0.3, -0.25) is 0 Å². The Bertz CT molecular complexity index is 2280. The first-order chi connectivity index (χ1) is 23.7. The molecule has 0 saturated heterocycles. The molecule has 0 aliphatic carbocycles. The van der Waals surface area contributed by atoms with Crippen molar-refractivity contribution in [2.75, 3.05) is 28.9 Å². The maximum absolute atomic E-state index is 13.8. The second-order valence-electron chi connectivity index (χ2n) is 11.4. The highest BCUT2D eigenvalue weighted by atomic mass is 35.5. The smallest absolute Gasteiger partial charge is 0.186 e. The van der Waals surface area contributed by atoms with Crippen LogP contribution in [0.25, 0.3) is 20.7 Å². The fraction of sp³-hybridized carbons (Fsp3) is 0.200. The first kappa shape index (κ1) is 39.2. The zero-order chi connectivity index (χ0) is 37.7. The van der Waals surface area contributed by atoms with E-state index in [2.05, 4.69) is 40.7 Å². The Labute approximate surface area is 303 Å². The van der Waals surface area contributed by atoms with Crippen molar-refractivity contribution < 1.29 is 30.5 Å². The number of anilines is 5. The number of nitrogens with one attached hydrogen (secondary N) is 2. The number of hydrogen-bond donors (Lipinski definition) is 3. The average molecular weight is 799 g/mol. The van der Waals surface area contributed by atoms with E-state index in [1.54, 1.807) is 45.0 Å². The quantitative estimate of drug-likeness (QED) is 0.105. The van der Waals surface area contributed by atoms with Crippen molar-refractivity contribution in [3.8, 4) is 0 Å². The molecule has 0 aliphatic rings. The molecule has 0 unspecified atom stereocenters. The van der Waals surface area contributed by atoms with Crippen LogP contribution in [0.5, 0.6) is 0 Å². The van der Waals surface area contributed by atoms with Crippen LogP contribution in [0.2, 0.25) is 4.47 Å². The van der Waals surface area contributed by atoms with Gasteiger partial charge in [0.1, 0.15) is 59.4 Å². The van der Waals surface area contributed by atoms with Crippen molar-refractivity contribution in [3.63, 3.8) is 0 Å². The van der Waals surface area contributed by atoms with Crippen LogP contribution in [0, 0.1) is 16.5 Å². The van der Waals surface area contributed by atoms with Gasteiger partial charge in [-0.2, -0.15) is 0 Å². The molecule has 0 spiro atoms. The predicted molar refractivity (Wildman–Crippen MR) is 196 cm³/mol. The summed E-state index contributed by atoms with van der Waals surface area (Å²) in [5.74, 6) is -0.646. The molecule has 6 aromatic rings. The fourth-order valence-electron chi connectivity index (χ4n) is 3.93. The van der Waals surface area contributed by atoms with Gasteiger partial charge in [-0.25, -0.2) is 45.6 Å². The Morgan fingerprint density at radius 1 is 0.745 bits per heavy atom. The van der Waals surface area contributed by atoms with Crippen molar-refractivity contribution in [2.24, 2.45) is 5.34 Å². The van der Waals surface area contributed by atoms with Crippen molar-refractivity contribution in [1.82, 2.24) is 19.9 Å². The molecule has 0 bridgehead atoms. The van der Waals surface area contributed by atoms with Crippen LogP contribution in [0.4, 0.5) is 36.9 Å². The van der Waals surface area contributed by atoms with Crippen molar-refractivity contribution in [3.05, 3.63) is 81.7 Å². The SMILES string of the molecule is CC(C)(C)ON=O.CS(=O)(=O)c1ccc(Nc2ccc3nc(Cl)sc3n2)cc1F.CS(=O)(=O)c1ccc(Nc2ccc3nc(N)sc3n2)cc1F. The Kier molecular flexibility index (Phi) is 12.1. The molecular formula is C30H29ClF2N8O6S4. The number of hydrogen-bond acceptors (Lipinski definition) is 16. The average Bonchev–Trinajstić information content (AvgIpc) is 3.55. The van der Waals surface area contributed by atoms with E-state index in [-0.39, 0.29) is 9.79 Å². The Hall–Kier alpha value is -4.63. The van der Waals surface area contributed by atoms with Gasteiger partial charge < -0.3 is 21.2 Å². The first-order valence-corrected chi connectivity index (χ1v) is 20.0. The number of fused-ring (bicyclic) bond motifs is 2. The number of thiazole rings is 2. The predicted octanol–water partition coefficient (Wildman–Crippen LogP) is 7.67. The first-order valence-electron chi connectivity index (χ1n) is 14.2. The van der Waals surface area contributed by atoms with Crippen LogP contribution in [-0.2, 0) is 24.5 Å². The second-order valence-corrected chi connectivity index (χ2v) is 18.0. The monoisotopic (exact) mass is 798 g/mol.